The minimum absolute atomic E-state index is 0.0434. The van der Waals surface area contributed by atoms with Crippen LogP contribution in [-0.2, 0) is 14.8 Å². The lowest BCUT2D eigenvalue weighted by atomic mass is 10.3. The summed E-state index contributed by atoms with van der Waals surface area (Å²) in [7, 11) is -2.62. The van der Waals surface area contributed by atoms with Crippen LogP contribution >= 0.6 is 11.3 Å². The molecule has 0 aliphatic rings. The molecule has 0 saturated carbocycles. The number of aryl methyl sites for hydroxylation is 1. The van der Waals surface area contributed by atoms with Crippen molar-refractivity contribution in [3.63, 3.8) is 0 Å². The monoisotopic (exact) mass is 327 g/mol. The summed E-state index contributed by atoms with van der Waals surface area (Å²) in [5.41, 5.74) is 6.27. The zero-order chi connectivity index (χ0) is 15.6. The number of nitrogens with two attached hydrogens (primary N) is 1. The molecule has 21 heavy (non-hydrogen) atoms. The summed E-state index contributed by atoms with van der Waals surface area (Å²) in [4.78, 5) is 15.5. The second-order valence-electron chi connectivity index (χ2n) is 4.14. The van der Waals surface area contributed by atoms with Crippen molar-refractivity contribution in [1.29, 1.82) is 0 Å². The average Bonchev–Trinajstić information content (AvgIpc) is 2.79. The van der Waals surface area contributed by atoms with Crippen molar-refractivity contribution in [2.45, 2.75) is 11.8 Å². The van der Waals surface area contributed by atoms with Crippen molar-refractivity contribution in [3.05, 3.63) is 34.2 Å². The molecule has 0 amide bonds. The van der Waals surface area contributed by atoms with Crippen LogP contribution in [0.25, 0.3) is 0 Å². The van der Waals surface area contributed by atoms with E-state index in [9.17, 15) is 13.2 Å². The first-order valence-corrected chi connectivity index (χ1v) is 8.12. The number of hydrogen-bond acceptors (Lipinski definition) is 7. The second kappa shape index (κ2) is 5.70. The molecule has 0 atom stereocenters. The molecule has 0 saturated heterocycles. The fraction of sp³-hybridized carbons (Fsp3) is 0.167. The van der Waals surface area contributed by atoms with E-state index in [1.165, 1.54) is 19.2 Å². The molecule has 0 fully saturated rings. The summed E-state index contributed by atoms with van der Waals surface area (Å²) < 4.78 is 31.6. The molecule has 2 heterocycles. The predicted octanol–water partition coefficient (Wildman–Crippen LogP) is 1.62. The third-order valence-corrected chi connectivity index (χ3v) is 5.06. The van der Waals surface area contributed by atoms with E-state index in [4.69, 9.17) is 5.73 Å². The molecular weight excluding hydrogens is 314 g/mol. The Morgan fingerprint density at radius 1 is 1.43 bits per heavy atom. The molecule has 0 aliphatic heterocycles. The van der Waals surface area contributed by atoms with Gasteiger partial charge in [0.2, 0.25) is 0 Å². The first kappa shape index (κ1) is 15.3. The van der Waals surface area contributed by atoms with Crippen molar-refractivity contribution in [3.8, 4) is 0 Å². The summed E-state index contributed by atoms with van der Waals surface area (Å²) in [6.45, 7) is 1.70. The van der Waals surface area contributed by atoms with E-state index >= 15 is 0 Å². The molecule has 0 aliphatic carbocycles. The van der Waals surface area contributed by atoms with Gasteiger partial charge >= 0.3 is 5.97 Å². The Morgan fingerprint density at radius 2 is 2.14 bits per heavy atom. The average molecular weight is 327 g/mol. The van der Waals surface area contributed by atoms with Crippen molar-refractivity contribution < 1.29 is 17.9 Å². The second-order valence-corrected chi connectivity index (χ2v) is 6.70. The number of aromatic nitrogens is 1. The Balaban J connectivity index is 2.39. The van der Waals surface area contributed by atoms with Gasteiger partial charge in [-0.3, -0.25) is 4.72 Å². The molecule has 112 valence electrons. The van der Waals surface area contributed by atoms with E-state index in [2.05, 4.69) is 14.4 Å². The fourth-order valence-corrected chi connectivity index (χ4v) is 3.63. The Bertz CT molecular complexity index is 766. The van der Waals surface area contributed by atoms with Gasteiger partial charge in [0.05, 0.1) is 12.8 Å². The quantitative estimate of drug-likeness (QED) is 0.825. The van der Waals surface area contributed by atoms with E-state index in [0.717, 1.165) is 17.5 Å². The predicted molar refractivity (Wildman–Crippen MR) is 79.9 cm³/mol. The van der Waals surface area contributed by atoms with Crippen LogP contribution in [0, 0.1) is 6.92 Å². The highest BCUT2D eigenvalue weighted by molar-refractivity contribution is 7.92. The minimum Gasteiger partial charge on any atom is -0.465 e. The first-order chi connectivity index (χ1) is 9.85. The molecule has 2 aromatic heterocycles. The SMILES string of the molecule is COC(=O)c1scc(C)c1NS(=O)(=O)c1ccc(N)nc1. The van der Waals surface area contributed by atoms with Crippen LogP contribution < -0.4 is 10.5 Å². The number of carbonyl (C=O) groups excluding carboxylic acids is 1. The van der Waals surface area contributed by atoms with Crippen LogP contribution in [0.5, 0.6) is 0 Å². The van der Waals surface area contributed by atoms with Gasteiger partial charge in [-0.1, -0.05) is 0 Å². The third-order valence-electron chi connectivity index (χ3n) is 2.65. The molecule has 0 bridgehead atoms. The number of ether oxygens (including phenoxy) is 1. The van der Waals surface area contributed by atoms with Crippen LogP contribution in [0.1, 0.15) is 15.2 Å². The van der Waals surface area contributed by atoms with Gasteiger partial charge in [0, 0.05) is 6.20 Å². The van der Waals surface area contributed by atoms with Crippen LogP contribution in [0.15, 0.2) is 28.6 Å². The normalized spacial score (nSPS) is 11.1. The maximum Gasteiger partial charge on any atom is 0.350 e. The number of methoxy groups -OCH3 is 1. The lowest BCUT2D eigenvalue weighted by Gasteiger charge is -2.09. The maximum atomic E-state index is 12.3. The molecule has 2 aromatic rings. The Kier molecular flexibility index (Phi) is 4.14. The van der Waals surface area contributed by atoms with Gasteiger partial charge in [-0.25, -0.2) is 18.2 Å². The zero-order valence-corrected chi connectivity index (χ0v) is 12.9. The van der Waals surface area contributed by atoms with Crippen molar-refractivity contribution in [2.24, 2.45) is 0 Å². The van der Waals surface area contributed by atoms with E-state index in [0.29, 0.717) is 5.56 Å². The molecule has 0 unspecified atom stereocenters. The number of nitrogens with zero attached hydrogens (tertiary/aromatic N) is 1. The van der Waals surface area contributed by atoms with Crippen LogP contribution in [-0.4, -0.2) is 26.5 Å². The highest BCUT2D eigenvalue weighted by Crippen LogP contribution is 2.30. The van der Waals surface area contributed by atoms with Gasteiger partial charge in [0.15, 0.2) is 0 Å². The highest BCUT2D eigenvalue weighted by Gasteiger charge is 2.22. The van der Waals surface area contributed by atoms with Gasteiger partial charge in [-0.15, -0.1) is 11.3 Å². The highest BCUT2D eigenvalue weighted by atomic mass is 32.2. The summed E-state index contributed by atoms with van der Waals surface area (Å²) in [5.74, 6) is -0.378. The van der Waals surface area contributed by atoms with Crippen LogP contribution in [0.3, 0.4) is 0 Å². The Labute approximate surface area is 125 Å². The molecule has 9 heteroatoms. The maximum absolute atomic E-state index is 12.3. The molecule has 0 spiro atoms. The third kappa shape index (κ3) is 3.14. The standard InChI is InChI=1S/C12H13N3O4S2/c1-7-6-20-11(12(16)19-2)10(7)15-21(17,18)8-3-4-9(13)14-5-8/h3-6,15H,1-2H3,(H2,13,14). The van der Waals surface area contributed by atoms with Gasteiger partial charge in [-0.2, -0.15) is 0 Å². The number of rotatable bonds is 4. The van der Waals surface area contributed by atoms with E-state index < -0.39 is 16.0 Å². The molecule has 7 nitrogen and oxygen atoms in total. The van der Waals surface area contributed by atoms with Crippen LogP contribution in [0.4, 0.5) is 11.5 Å². The van der Waals surface area contributed by atoms with E-state index in [1.807, 2.05) is 0 Å². The van der Waals surface area contributed by atoms with E-state index in [1.54, 1.807) is 12.3 Å². The first-order valence-electron chi connectivity index (χ1n) is 5.76. The van der Waals surface area contributed by atoms with Crippen molar-refractivity contribution in [2.75, 3.05) is 17.6 Å². The molecular formula is C12H13N3O4S2. The zero-order valence-electron chi connectivity index (χ0n) is 11.3. The molecule has 0 aromatic carbocycles. The lowest BCUT2D eigenvalue weighted by molar-refractivity contribution is 0.0607. The Morgan fingerprint density at radius 3 is 2.71 bits per heavy atom. The number of esters is 1. The smallest absolute Gasteiger partial charge is 0.350 e. The van der Waals surface area contributed by atoms with Gasteiger partial charge < -0.3 is 10.5 Å². The van der Waals surface area contributed by atoms with Crippen molar-refractivity contribution in [1.82, 2.24) is 4.98 Å². The number of hydrogen-bond donors (Lipinski definition) is 2. The topological polar surface area (TPSA) is 111 Å². The largest absolute Gasteiger partial charge is 0.465 e. The summed E-state index contributed by atoms with van der Waals surface area (Å²) in [6, 6.07) is 2.72. The van der Waals surface area contributed by atoms with E-state index in [-0.39, 0.29) is 21.3 Å². The number of sulfonamides is 1. The molecule has 2 rings (SSSR count). The van der Waals surface area contributed by atoms with Crippen molar-refractivity contribution >= 4 is 38.8 Å². The summed E-state index contributed by atoms with van der Waals surface area (Å²) in [5, 5.41) is 1.67. The molecule has 3 N–H and O–H groups in total. The summed E-state index contributed by atoms with van der Waals surface area (Å²) in [6.07, 6.45) is 1.15. The number of pyridine rings is 1. The summed E-state index contributed by atoms with van der Waals surface area (Å²) >= 11 is 1.11. The molecule has 0 radical (unpaired) electrons. The Hall–Kier alpha value is -2.13. The van der Waals surface area contributed by atoms with Crippen LogP contribution in [0.2, 0.25) is 0 Å². The van der Waals surface area contributed by atoms with Gasteiger partial charge in [0.1, 0.15) is 15.6 Å². The number of carbonyl (C=O) groups is 1. The number of anilines is 2. The fourth-order valence-electron chi connectivity index (χ4n) is 1.56. The van der Waals surface area contributed by atoms with Gasteiger partial charge in [0.25, 0.3) is 10.0 Å². The lowest BCUT2D eigenvalue weighted by Crippen LogP contribution is -2.15. The minimum atomic E-state index is -3.86. The number of nitrogen functional groups attached to an aromatic ring is 1. The number of thiophene rings is 1. The number of nitrogens with one attached hydrogen (secondary N) is 1. The van der Waals surface area contributed by atoms with Gasteiger partial charge in [-0.05, 0) is 30.0 Å².